The maximum Gasteiger partial charge on any atom is 0.313 e. The number of ketones is 1. The number of hydrogen-bond acceptors (Lipinski definition) is 4. The molecule has 0 aromatic heterocycles. The van der Waals surface area contributed by atoms with Gasteiger partial charge in [0.25, 0.3) is 0 Å². The lowest BCUT2D eigenvalue weighted by molar-refractivity contribution is -0.143. The van der Waals surface area contributed by atoms with Gasteiger partial charge < -0.3 is 10.5 Å². The summed E-state index contributed by atoms with van der Waals surface area (Å²) in [6.45, 7) is 1.95. The van der Waals surface area contributed by atoms with Crippen molar-refractivity contribution >= 4 is 11.8 Å². The summed E-state index contributed by atoms with van der Waals surface area (Å²) in [5.74, 6) is -0.900. The molecule has 0 bridgehead atoms. The molecule has 0 radical (unpaired) electrons. The minimum atomic E-state index is -0.764. The Bertz CT molecular complexity index is 384. The number of benzene rings is 1. The molecule has 0 amide bonds. The molecule has 0 saturated heterocycles. The molecular weight excluding hydrogens is 206 g/mol. The first-order chi connectivity index (χ1) is 7.54. The summed E-state index contributed by atoms with van der Waals surface area (Å²) in [6, 6.07) is 6.56. The summed E-state index contributed by atoms with van der Waals surface area (Å²) in [5, 5.41) is 0. The predicted molar refractivity (Wildman–Crippen MR) is 59.7 cm³/mol. The average Bonchev–Trinajstić information content (AvgIpc) is 2.28. The van der Waals surface area contributed by atoms with Crippen LogP contribution in [0.15, 0.2) is 24.3 Å². The fourth-order valence-corrected chi connectivity index (χ4v) is 1.28. The Morgan fingerprint density at radius 2 is 1.88 bits per heavy atom. The third-order valence-electron chi connectivity index (χ3n) is 2.33. The summed E-state index contributed by atoms with van der Waals surface area (Å²) in [6.07, 6.45) is -0.286. The summed E-state index contributed by atoms with van der Waals surface area (Å²) in [5.41, 5.74) is 7.54. The standard InChI is InChI=1S/C12H15NO3/c1-8-3-5-9(6-4-8)12(13)10(14)7-11(15)16-2/h3-6,12H,7,13H2,1-2H3. The molecule has 0 fully saturated rings. The Labute approximate surface area is 94.4 Å². The van der Waals surface area contributed by atoms with Crippen molar-refractivity contribution < 1.29 is 14.3 Å². The van der Waals surface area contributed by atoms with Crippen LogP contribution in [0.2, 0.25) is 0 Å². The number of rotatable bonds is 4. The van der Waals surface area contributed by atoms with Gasteiger partial charge in [-0.05, 0) is 12.5 Å². The van der Waals surface area contributed by atoms with Crippen LogP contribution in [-0.4, -0.2) is 18.9 Å². The van der Waals surface area contributed by atoms with Gasteiger partial charge in [0.15, 0.2) is 5.78 Å². The minimum Gasteiger partial charge on any atom is -0.469 e. The van der Waals surface area contributed by atoms with E-state index in [9.17, 15) is 9.59 Å². The van der Waals surface area contributed by atoms with Crippen LogP contribution >= 0.6 is 0 Å². The van der Waals surface area contributed by atoms with E-state index in [1.165, 1.54) is 7.11 Å². The van der Waals surface area contributed by atoms with Crippen molar-refractivity contribution in [1.29, 1.82) is 0 Å². The largest absolute Gasteiger partial charge is 0.469 e. The fourth-order valence-electron chi connectivity index (χ4n) is 1.28. The molecule has 1 aromatic rings. The van der Waals surface area contributed by atoms with Gasteiger partial charge in [0.05, 0.1) is 13.2 Å². The zero-order valence-corrected chi connectivity index (χ0v) is 9.40. The van der Waals surface area contributed by atoms with E-state index in [4.69, 9.17) is 5.73 Å². The van der Waals surface area contributed by atoms with Gasteiger partial charge in [0, 0.05) is 0 Å². The molecule has 4 nitrogen and oxygen atoms in total. The van der Waals surface area contributed by atoms with Crippen LogP contribution in [0, 0.1) is 6.92 Å². The predicted octanol–water partition coefficient (Wildman–Crippen LogP) is 1.13. The third-order valence-corrected chi connectivity index (χ3v) is 2.33. The van der Waals surface area contributed by atoms with E-state index in [2.05, 4.69) is 4.74 Å². The molecule has 1 rings (SSSR count). The zero-order chi connectivity index (χ0) is 12.1. The second-order valence-electron chi connectivity index (χ2n) is 3.61. The van der Waals surface area contributed by atoms with E-state index >= 15 is 0 Å². The van der Waals surface area contributed by atoms with E-state index in [1.807, 2.05) is 19.1 Å². The highest BCUT2D eigenvalue weighted by molar-refractivity contribution is 5.98. The molecule has 0 aliphatic carbocycles. The van der Waals surface area contributed by atoms with E-state index in [-0.39, 0.29) is 12.2 Å². The van der Waals surface area contributed by atoms with Crippen molar-refractivity contribution in [3.63, 3.8) is 0 Å². The average molecular weight is 221 g/mol. The Morgan fingerprint density at radius 3 is 2.38 bits per heavy atom. The van der Waals surface area contributed by atoms with Gasteiger partial charge in [0.1, 0.15) is 6.42 Å². The van der Waals surface area contributed by atoms with Gasteiger partial charge in [-0.15, -0.1) is 0 Å². The van der Waals surface area contributed by atoms with Crippen LogP contribution in [0.5, 0.6) is 0 Å². The van der Waals surface area contributed by atoms with Gasteiger partial charge >= 0.3 is 5.97 Å². The Hall–Kier alpha value is -1.68. The van der Waals surface area contributed by atoms with Gasteiger partial charge in [-0.25, -0.2) is 0 Å². The number of esters is 1. The number of hydrogen-bond donors (Lipinski definition) is 1. The van der Waals surface area contributed by atoms with Crippen LogP contribution < -0.4 is 5.73 Å². The second kappa shape index (κ2) is 5.42. The van der Waals surface area contributed by atoms with Gasteiger partial charge in [-0.3, -0.25) is 9.59 Å². The maximum absolute atomic E-state index is 11.6. The number of nitrogens with two attached hydrogens (primary N) is 1. The molecular formula is C12H15NO3. The van der Waals surface area contributed by atoms with Crippen molar-refractivity contribution in [2.45, 2.75) is 19.4 Å². The first-order valence-corrected chi connectivity index (χ1v) is 4.96. The molecule has 0 heterocycles. The van der Waals surface area contributed by atoms with Crippen molar-refractivity contribution in [3.05, 3.63) is 35.4 Å². The Balaban J connectivity index is 2.70. The fraction of sp³-hybridized carbons (Fsp3) is 0.333. The topological polar surface area (TPSA) is 69.4 Å². The number of carbonyl (C=O) groups is 2. The molecule has 0 spiro atoms. The smallest absolute Gasteiger partial charge is 0.313 e. The normalized spacial score (nSPS) is 11.9. The Morgan fingerprint density at radius 1 is 1.31 bits per heavy atom. The zero-order valence-electron chi connectivity index (χ0n) is 9.40. The summed E-state index contributed by atoms with van der Waals surface area (Å²) in [7, 11) is 1.24. The van der Waals surface area contributed by atoms with Crippen LogP contribution in [0.4, 0.5) is 0 Å². The van der Waals surface area contributed by atoms with Gasteiger partial charge in [0.2, 0.25) is 0 Å². The highest BCUT2D eigenvalue weighted by Gasteiger charge is 2.18. The highest BCUT2D eigenvalue weighted by Crippen LogP contribution is 2.13. The molecule has 0 saturated carbocycles. The van der Waals surface area contributed by atoms with Crippen LogP contribution in [0.3, 0.4) is 0 Å². The van der Waals surface area contributed by atoms with Gasteiger partial charge in [-0.2, -0.15) is 0 Å². The van der Waals surface area contributed by atoms with Crippen molar-refractivity contribution in [3.8, 4) is 0 Å². The molecule has 0 aliphatic heterocycles. The molecule has 16 heavy (non-hydrogen) atoms. The number of ether oxygens (including phenoxy) is 1. The van der Waals surface area contributed by atoms with Crippen LogP contribution in [0.25, 0.3) is 0 Å². The number of carbonyl (C=O) groups excluding carboxylic acids is 2. The van der Waals surface area contributed by atoms with Crippen molar-refractivity contribution in [1.82, 2.24) is 0 Å². The third kappa shape index (κ3) is 3.17. The van der Waals surface area contributed by atoms with E-state index in [0.29, 0.717) is 5.56 Å². The molecule has 1 atom stereocenters. The SMILES string of the molecule is COC(=O)CC(=O)C(N)c1ccc(C)cc1. The first kappa shape index (κ1) is 12.4. The van der Waals surface area contributed by atoms with Crippen molar-refractivity contribution in [2.24, 2.45) is 5.73 Å². The first-order valence-electron chi connectivity index (χ1n) is 4.96. The van der Waals surface area contributed by atoms with Crippen LogP contribution in [-0.2, 0) is 14.3 Å². The lowest BCUT2D eigenvalue weighted by Crippen LogP contribution is -2.24. The molecule has 1 aromatic carbocycles. The number of methoxy groups -OCH3 is 1. The molecule has 1 unspecified atom stereocenters. The summed E-state index contributed by atoms with van der Waals surface area (Å²) in [4.78, 5) is 22.5. The highest BCUT2D eigenvalue weighted by atomic mass is 16.5. The second-order valence-corrected chi connectivity index (χ2v) is 3.61. The number of aryl methyl sites for hydroxylation is 1. The quantitative estimate of drug-likeness (QED) is 0.611. The molecule has 86 valence electrons. The lowest BCUT2D eigenvalue weighted by Gasteiger charge is -2.10. The number of Topliss-reactive ketones (excluding diaryl/α,β-unsaturated/α-hetero) is 1. The van der Waals surface area contributed by atoms with E-state index in [0.717, 1.165) is 5.56 Å². The van der Waals surface area contributed by atoms with Crippen molar-refractivity contribution in [2.75, 3.05) is 7.11 Å². The monoisotopic (exact) mass is 221 g/mol. The lowest BCUT2D eigenvalue weighted by atomic mass is 10.0. The van der Waals surface area contributed by atoms with Crippen LogP contribution in [0.1, 0.15) is 23.6 Å². The molecule has 2 N–H and O–H groups in total. The van der Waals surface area contributed by atoms with E-state index in [1.54, 1.807) is 12.1 Å². The molecule has 4 heteroatoms. The maximum atomic E-state index is 11.6. The van der Waals surface area contributed by atoms with Gasteiger partial charge in [-0.1, -0.05) is 29.8 Å². The molecule has 0 aliphatic rings. The summed E-state index contributed by atoms with van der Waals surface area (Å²) >= 11 is 0. The summed E-state index contributed by atoms with van der Waals surface area (Å²) < 4.78 is 4.41. The van der Waals surface area contributed by atoms with E-state index < -0.39 is 12.0 Å². The Kier molecular flexibility index (Phi) is 4.19. The minimum absolute atomic E-state index is 0.286.